The number of aromatic nitrogens is 4. The summed E-state index contributed by atoms with van der Waals surface area (Å²) < 4.78 is 9.28. The van der Waals surface area contributed by atoms with Gasteiger partial charge in [-0.1, -0.05) is 36.4 Å². The number of nitrogens with one attached hydrogen (secondary N) is 1. The van der Waals surface area contributed by atoms with Gasteiger partial charge in [0, 0.05) is 24.0 Å². The standard InChI is InChI=1S/C24H25N5O2/c1-17-9-7-8-12-23(17)31-16-28-14-13-22(27-28)24(30)25-15-21-18(2)26-29(19(21)3)20-10-5-4-6-11-20/h4-14H,15-16H2,1-3H3,(H,25,30). The summed E-state index contributed by atoms with van der Waals surface area (Å²) in [6.45, 7) is 6.56. The van der Waals surface area contributed by atoms with E-state index in [4.69, 9.17) is 4.74 Å². The maximum absolute atomic E-state index is 12.6. The first-order valence-electron chi connectivity index (χ1n) is 10.1. The molecular formula is C24H25N5O2. The zero-order valence-electron chi connectivity index (χ0n) is 17.9. The van der Waals surface area contributed by atoms with Crippen molar-refractivity contribution >= 4 is 5.91 Å². The van der Waals surface area contributed by atoms with E-state index in [1.165, 1.54) is 0 Å². The van der Waals surface area contributed by atoms with Crippen LogP contribution < -0.4 is 10.1 Å². The second kappa shape index (κ2) is 8.87. The van der Waals surface area contributed by atoms with E-state index in [-0.39, 0.29) is 12.6 Å². The number of hydrogen-bond donors (Lipinski definition) is 1. The first kappa shape index (κ1) is 20.4. The van der Waals surface area contributed by atoms with E-state index in [1.807, 2.05) is 80.1 Å². The third-order valence-corrected chi connectivity index (χ3v) is 5.19. The predicted molar refractivity (Wildman–Crippen MR) is 118 cm³/mol. The molecule has 0 aliphatic carbocycles. The average molecular weight is 415 g/mol. The third-order valence-electron chi connectivity index (χ3n) is 5.19. The highest BCUT2D eigenvalue weighted by Crippen LogP contribution is 2.18. The molecule has 0 bridgehead atoms. The van der Waals surface area contributed by atoms with Crippen LogP contribution in [0.2, 0.25) is 0 Å². The molecule has 0 saturated heterocycles. The smallest absolute Gasteiger partial charge is 0.272 e. The summed E-state index contributed by atoms with van der Waals surface area (Å²) in [5.74, 6) is 0.561. The number of benzene rings is 2. The van der Waals surface area contributed by atoms with Gasteiger partial charge < -0.3 is 10.1 Å². The van der Waals surface area contributed by atoms with Crippen LogP contribution in [0.15, 0.2) is 66.9 Å². The van der Waals surface area contributed by atoms with E-state index in [9.17, 15) is 4.79 Å². The molecule has 0 radical (unpaired) electrons. The summed E-state index contributed by atoms with van der Waals surface area (Å²) in [7, 11) is 0. The van der Waals surface area contributed by atoms with Crippen LogP contribution in [0, 0.1) is 20.8 Å². The molecule has 0 spiro atoms. The number of hydrogen-bond acceptors (Lipinski definition) is 4. The van der Waals surface area contributed by atoms with Crippen LogP contribution in [0.1, 0.15) is 33.0 Å². The Morgan fingerprint density at radius 1 is 0.968 bits per heavy atom. The topological polar surface area (TPSA) is 74.0 Å². The van der Waals surface area contributed by atoms with Crippen molar-refractivity contribution < 1.29 is 9.53 Å². The van der Waals surface area contributed by atoms with Crippen LogP contribution in [0.25, 0.3) is 5.69 Å². The Balaban J connectivity index is 1.39. The number of carbonyl (C=O) groups is 1. The Hall–Kier alpha value is -3.87. The monoisotopic (exact) mass is 415 g/mol. The Morgan fingerprint density at radius 2 is 1.71 bits per heavy atom. The minimum Gasteiger partial charge on any atom is -0.471 e. The van der Waals surface area contributed by atoms with E-state index < -0.39 is 0 Å². The summed E-state index contributed by atoms with van der Waals surface area (Å²) in [6, 6.07) is 19.4. The molecule has 158 valence electrons. The maximum atomic E-state index is 12.6. The number of ether oxygens (including phenoxy) is 1. The van der Waals surface area contributed by atoms with Gasteiger partial charge in [-0.05, 0) is 50.6 Å². The number of aryl methyl sites for hydroxylation is 2. The van der Waals surface area contributed by atoms with Gasteiger partial charge in [0.25, 0.3) is 5.91 Å². The lowest BCUT2D eigenvalue weighted by molar-refractivity contribution is 0.0943. The maximum Gasteiger partial charge on any atom is 0.272 e. The number of rotatable bonds is 7. The molecule has 0 unspecified atom stereocenters. The first-order chi connectivity index (χ1) is 15.0. The van der Waals surface area contributed by atoms with Crippen LogP contribution in [0.5, 0.6) is 5.75 Å². The summed E-state index contributed by atoms with van der Waals surface area (Å²) in [4.78, 5) is 12.6. The summed E-state index contributed by atoms with van der Waals surface area (Å²) in [5.41, 5.74) is 5.28. The highest BCUT2D eigenvalue weighted by Gasteiger charge is 2.15. The van der Waals surface area contributed by atoms with Crippen LogP contribution in [-0.4, -0.2) is 25.5 Å². The highest BCUT2D eigenvalue weighted by atomic mass is 16.5. The molecule has 4 aromatic rings. The minimum absolute atomic E-state index is 0.235. The Kier molecular flexibility index (Phi) is 5.84. The zero-order valence-corrected chi connectivity index (χ0v) is 17.9. The molecule has 0 aliphatic rings. The van der Waals surface area contributed by atoms with E-state index >= 15 is 0 Å². The molecule has 0 aliphatic heterocycles. The Labute approximate surface area is 181 Å². The lowest BCUT2D eigenvalue weighted by atomic mass is 10.2. The fourth-order valence-electron chi connectivity index (χ4n) is 3.42. The van der Waals surface area contributed by atoms with Crippen molar-refractivity contribution in [2.45, 2.75) is 34.0 Å². The van der Waals surface area contributed by atoms with Crippen LogP contribution in [-0.2, 0) is 13.3 Å². The molecule has 2 heterocycles. The van der Waals surface area contributed by atoms with E-state index in [0.29, 0.717) is 12.2 Å². The minimum atomic E-state index is -0.235. The molecule has 0 saturated carbocycles. The zero-order chi connectivity index (χ0) is 21.8. The fourth-order valence-corrected chi connectivity index (χ4v) is 3.42. The van der Waals surface area contributed by atoms with E-state index in [1.54, 1.807) is 16.9 Å². The summed E-state index contributed by atoms with van der Waals surface area (Å²) in [5, 5.41) is 11.9. The number of para-hydroxylation sites is 2. The molecule has 2 aromatic carbocycles. The summed E-state index contributed by atoms with van der Waals surface area (Å²) in [6.07, 6.45) is 1.73. The average Bonchev–Trinajstić information content (AvgIpc) is 3.37. The Morgan fingerprint density at radius 3 is 2.48 bits per heavy atom. The van der Waals surface area contributed by atoms with Crippen molar-refractivity contribution in [3.63, 3.8) is 0 Å². The first-order valence-corrected chi connectivity index (χ1v) is 10.1. The van der Waals surface area contributed by atoms with Gasteiger partial charge in [-0.2, -0.15) is 10.2 Å². The number of amides is 1. The molecule has 1 amide bonds. The third kappa shape index (κ3) is 4.50. The molecule has 31 heavy (non-hydrogen) atoms. The molecule has 0 atom stereocenters. The van der Waals surface area contributed by atoms with Crippen molar-refractivity contribution in [2.24, 2.45) is 0 Å². The molecule has 2 aromatic heterocycles. The van der Waals surface area contributed by atoms with E-state index in [2.05, 4.69) is 15.5 Å². The van der Waals surface area contributed by atoms with Gasteiger partial charge in [0.2, 0.25) is 0 Å². The highest BCUT2D eigenvalue weighted by molar-refractivity contribution is 5.92. The molecule has 4 rings (SSSR count). The molecule has 0 fully saturated rings. The van der Waals surface area contributed by atoms with Gasteiger partial charge in [-0.3, -0.25) is 4.79 Å². The van der Waals surface area contributed by atoms with Crippen LogP contribution in [0.4, 0.5) is 0 Å². The van der Waals surface area contributed by atoms with Crippen LogP contribution in [0.3, 0.4) is 0 Å². The molecule has 1 N–H and O–H groups in total. The van der Waals surface area contributed by atoms with Gasteiger partial charge in [0.15, 0.2) is 6.73 Å². The normalized spacial score (nSPS) is 10.8. The number of carbonyl (C=O) groups excluding carboxylic acids is 1. The van der Waals surface area contributed by atoms with Crippen LogP contribution >= 0.6 is 0 Å². The second-order valence-electron chi connectivity index (χ2n) is 7.36. The summed E-state index contributed by atoms with van der Waals surface area (Å²) >= 11 is 0. The van der Waals surface area contributed by atoms with E-state index in [0.717, 1.165) is 34.0 Å². The van der Waals surface area contributed by atoms with Gasteiger partial charge in [-0.25, -0.2) is 9.36 Å². The molecule has 7 nitrogen and oxygen atoms in total. The second-order valence-corrected chi connectivity index (χ2v) is 7.36. The predicted octanol–water partition coefficient (Wildman–Crippen LogP) is 3.96. The van der Waals surface area contributed by atoms with Gasteiger partial charge in [-0.15, -0.1) is 0 Å². The van der Waals surface area contributed by atoms with Crippen molar-refractivity contribution in [3.8, 4) is 11.4 Å². The van der Waals surface area contributed by atoms with Crippen molar-refractivity contribution in [3.05, 3.63) is 95.1 Å². The van der Waals surface area contributed by atoms with Gasteiger partial charge >= 0.3 is 0 Å². The largest absolute Gasteiger partial charge is 0.471 e. The van der Waals surface area contributed by atoms with Crippen molar-refractivity contribution in [2.75, 3.05) is 0 Å². The van der Waals surface area contributed by atoms with Gasteiger partial charge in [0.05, 0.1) is 11.4 Å². The lowest BCUT2D eigenvalue weighted by Gasteiger charge is -2.08. The Bertz CT molecular complexity index is 1190. The van der Waals surface area contributed by atoms with Gasteiger partial charge in [0.1, 0.15) is 11.4 Å². The molecular weight excluding hydrogens is 390 g/mol. The van der Waals surface area contributed by atoms with Crippen molar-refractivity contribution in [1.29, 1.82) is 0 Å². The number of nitrogens with zero attached hydrogens (tertiary/aromatic N) is 4. The fraction of sp³-hybridized carbons (Fsp3) is 0.208. The quantitative estimate of drug-likeness (QED) is 0.496. The lowest BCUT2D eigenvalue weighted by Crippen LogP contribution is -2.24. The van der Waals surface area contributed by atoms with Crippen molar-refractivity contribution in [1.82, 2.24) is 24.9 Å². The molecule has 7 heteroatoms. The SMILES string of the molecule is Cc1ccccc1OCn1ccc(C(=O)NCc2c(C)nn(-c3ccccc3)c2C)n1.